The van der Waals surface area contributed by atoms with Crippen molar-refractivity contribution in [2.45, 2.75) is 18.9 Å². The van der Waals surface area contributed by atoms with E-state index in [-0.39, 0.29) is 0 Å². The number of imidazole rings is 1. The monoisotopic (exact) mass is 195 g/mol. The Bertz CT molecular complexity index is 281. The highest BCUT2D eigenvalue weighted by Crippen LogP contribution is 2.19. The molecule has 1 aliphatic heterocycles. The van der Waals surface area contributed by atoms with Gasteiger partial charge in [-0.2, -0.15) is 0 Å². The summed E-state index contributed by atoms with van der Waals surface area (Å²) in [7, 11) is 1.74. The normalized spacial score (nSPS) is 16.9. The molecule has 1 aromatic heterocycles. The molecule has 1 fully saturated rings. The molecule has 1 N–H and O–H groups in total. The molecule has 4 nitrogen and oxygen atoms in total. The Labute approximate surface area is 84.3 Å². The van der Waals surface area contributed by atoms with E-state index >= 15 is 0 Å². The zero-order chi connectivity index (χ0) is 9.80. The van der Waals surface area contributed by atoms with Crippen LogP contribution in [0.5, 0.6) is 0 Å². The van der Waals surface area contributed by atoms with Crippen LogP contribution in [-0.4, -0.2) is 36.4 Å². The van der Waals surface area contributed by atoms with Crippen LogP contribution in [-0.2, 0) is 11.3 Å². The number of rotatable bonds is 5. The summed E-state index contributed by atoms with van der Waals surface area (Å²) < 4.78 is 7.28. The van der Waals surface area contributed by atoms with Crippen LogP contribution >= 0.6 is 0 Å². The molecule has 0 amide bonds. The molecule has 1 aliphatic rings. The van der Waals surface area contributed by atoms with Crippen LogP contribution in [0.25, 0.3) is 0 Å². The lowest BCUT2D eigenvalue weighted by atomic mass is 10.00. The lowest BCUT2D eigenvalue weighted by Crippen LogP contribution is -2.40. The molecule has 0 aliphatic carbocycles. The number of hydrogen-bond acceptors (Lipinski definition) is 3. The summed E-state index contributed by atoms with van der Waals surface area (Å²) in [4.78, 5) is 4.20. The number of ether oxygens (including phenoxy) is 1. The summed E-state index contributed by atoms with van der Waals surface area (Å²) in [5.74, 6) is 0.667. The van der Waals surface area contributed by atoms with Crippen molar-refractivity contribution >= 4 is 0 Å². The van der Waals surface area contributed by atoms with E-state index in [9.17, 15) is 0 Å². The highest BCUT2D eigenvalue weighted by molar-refractivity contribution is 5.11. The van der Waals surface area contributed by atoms with E-state index in [2.05, 4.69) is 14.9 Å². The third kappa shape index (κ3) is 1.96. The van der Waals surface area contributed by atoms with Gasteiger partial charge in [0.05, 0.1) is 6.33 Å². The van der Waals surface area contributed by atoms with Gasteiger partial charge in [0.2, 0.25) is 0 Å². The van der Waals surface area contributed by atoms with Gasteiger partial charge in [-0.3, -0.25) is 0 Å². The first-order valence-corrected chi connectivity index (χ1v) is 5.11. The fraction of sp³-hybridized carbons (Fsp3) is 0.700. The van der Waals surface area contributed by atoms with Gasteiger partial charge in [-0.1, -0.05) is 0 Å². The van der Waals surface area contributed by atoms with E-state index < -0.39 is 0 Å². The second-order valence-electron chi connectivity index (χ2n) is 3.71. The Morgan fingerprint density at radius 2 is 2.50 bits per heavy atom. The molecule has 1 saturated heterocycles. The molecule has 14 heavy (non-hydrogen) atoms. The van der Waals surface area contributed by atoms with E-state index in [1.54, 1.807) is 7.11 Å². The van der Waals surface area contributed by atoms with Gasteiger partial charge in [0.1, 0.15) is 0 Å². The van der Waals surface area contributed by atoms with E-state index in [1.807, 2.05) is 12.5 Å². The molecule has 2 rings (SSSR count). The molecule has 78 valence electrons. The standard InChI is InChI=1S/C10H17N3O/c1-14-4-2-3-13-8-12-7-10(13)9-5-11-6-9/h7-9,11H,2-6H2,1H3. The van der Waals surface area contributed by atoms with E-state index in [1.165, 1.54) is 5.69 Å². The Kier molecular flexibility index (Phi) is 3.16. The number of nitrogens with one attached hydrogen (secondary N) is 1. The number of methoxy groups -OCH3 is 1. The molecule has 0 atom stereocenters. The van der Waals surface area contributed by atoms with Crippen LogP contribution in [0.4, 0.5) is 0 Å². The number of aryl methyl sites for hydroxylation is 1. The van der Waals surface area contributed by atoms with Crippen LogP contribution in [0.15, 0.2) is 12.5 Å². The molecule has 2 heterocycles. The minimum atomic E-state index is 0.667. The maximum absolute atomic E-state index is 5.03. The Balaban J connectivity index is 1.91. The summed E-state index contributed by atoms with van der Waals surface area (Å²) in [6.07, 6.45) is 4.96. The van der Waals surface area contributed by atoms with Crippen LogP contribution in [0, 0.1) is 0 Å². The molecule has 1 aromatic rings. The molecule has 0 unspecified atom stereocenters. The maximum atomic E-state index is 5.03. The number of aromatic nitrogens is 2. The number of hydrogen-bond donors (Lipinski definition) is 1. The lowest BCUT2D eigenvalue weighted by molar-refractivity contribution is 0.189. The largest absolute Gasteiger partial charge is 0.385 e. The first kappa shape index (κ1) is 9.68. The van der Waals surface area contributed by atoms with Gasteiger partial charge >= 0.3 is 0 Å². The first-order valence-electron chi connectivity index (χ1n) is 5.11. The summed E-state index contributed by atoms with van der Waals surface area (Å²) in [6, 6.07) is 0. The average Bonchev–Trinajstić information content (AvgIpc) is 2.51. The third-order valence-electron chi connectivity index (χ3n) is 2.69. The van der Waals surface area contributed by atoms with Crippen molar-refractivity contribution in [2.75, 3.05) is 26.8 Å². The highest BCUT2D eigenvalue weighted by atomic mass is 16.5. The van der Waals surface area contributed by atoms with Gasteiger partial charge in [-0.05, 0) is 6.42 Å². The molecular weight excluding hydrogens is 178 g/mol. The minimum Gasteiger partial charge on any atom is -0.385 e. The Hall–Kier alpha value is -0.870. The molecule has 0 aromatic carbocycles. The molecule has 0 saturated carbocycles. The van der Waals surface area contributed by atoms with Gasteiger partial charge in [0.15, 0.2) is 0 Å². The minimum absolute atomic E-state index is 0.667. The lowest BCUT2D eigenvalue weighted by Gasteiger charge is -2.27. The fourth-order valence-corrected chi connectivity index (χ4v) is 1.73. The van der Waals surface area contributed by atoms with Crippen molar-refractivity contribution in [3.8, 4) is 0 Å². The van der Waals surface area contributed by atoms with Gasteiger partial charge in [0.25, 0.3) is 0 Å². The molecule has 0 radical (unpaired) electrons. The summed E-state index contributed by atoms with van der Waals surface area (Å²) >= 11 is 0. The van der Waals surface area contributed by atoms with Gasteiger partial charge in [-0.15, -0.1) is 0 Å². The Morgan fingerprint density at radius 1 is 1.64 bits per heavy atom. The van der Waals surface area contributed by atoms with Crippen LogP contribution < -0.4 is 5.32 Å². The maximum Gasteiger partial charge on any atom is 0.0948 e. The summed E-state index contributed by atoms with van der Waals surface area (Å²) in [5, 5.41) is 3.28. The van der Waals surface area contributed by atoms with Crippen LogP contribution in [0.2, 0.25) is 0 Å². The van der Waals surface area contributed by atoms with E-state index in [0.717, 1.165) is 32.7 Å². The van der Waals surface area contributed by atoms with E-state index in [0.29, 0.717) is 5.92 Å². The molecular formula is C10H17N3O. The average molecular weight is 195 g/mol. The van der Waals surface area contributed by atoms with Crippen molar-refractivity contribution in [3.05, 3.63) is 18.2 Å². The highest BCUT2D eigenvalue weighted by Gasteiger charge is 2.21. The molecule has 0 spiro atoms. The first-order chi connectivity index (χ1) is 6.92. The van der Waals surface area contributed by atoms with Crippen molar-refractivity contribution in [3.63, 3.8) is 0 Å². The predicted molar refractivity (Wildman–Crippen MR) is 54.3 cm³/mol. The van der Waals surface area contributed by atoms with Crippen molar-refractivity contribution < 1.29 is 4.74 Å². The number of nitrogens with zero attached hydrogens (tertiary/aromatic N) is 2. The molecule has 4 heteroatoms. The predicted octanol–water partition coefficient (Wildman–Crippen LogP) is 0.606. The molecule has 0 bridgehead atoms. The smallest absolute Gasteiger partial charge is 0.0948 e. The zero-order valence-electron chi connectivity index (χ0n) is 8.57. The quantitative estimate of drug-likeness (QED) is 0.700. The fourth-order valence-electron chi connectivity index (χ4n) is 1.73. The van der Waals surface area contributed by atoms with Gasteiger partial charge in [0, 0.05) is 51.2 Å². The van der Waals surface area contributed by atoms with Gasteiger partial charge < -0.3 is 14.6 Å². The van der Waals surface area contributed by atoms with Crippen molar-refractivity contribution in [1.29, 1.82) is 0 Å². The SMILES string of the molecule is COCCCn1cncc1C1CNC1. The second-order valence-corrected chi connectivity index (χ2v) is 3.71. The van der Waals surface area contributed by atoms with Crippen molar-refractivity contribution in [2.24, 2.45) is 0 Å². The van der Waals surface area contributed by atoms with Crippen LogP contribution in [0.3, 0.4) is 0 Å². The van der Waals surface area contributed by atoms with Crippen molar-refractivity contribution in [1.82, 2.24) is 14.9 Å². The second kappa shape index (κ2) is 4.57. The Morgan fingerprint density at radius 3 is 3.14 bits per heavy atom. The van der Waals surface area contributed by atoms with Crippen LogP contribution in [0.1, 0.15) is 18.0 Å². The summed E-state index contributed by atoms with van der Waals surface area (Å²) in [5.41, 5.74) is 1.36. The zero-order valence-corrected chi connectivity index (χ0v) is 8.57. The van der Waals surface area contributed by atoms with E-state index in [4.69, 9.17) is 4.74 Å². The topological polar surface area (TPSA) is 39.1 Å². The van der Waals surface area contributed by atoms with Gasteiger partial charge in [-0.25, -0.2) is 4.98 Å². The third-order valence-corrected chi connectivity index (χ3v) is 2.69. The summed E-state index contributed by atoms with van der Waals surface area (Å²) in [6.45, 7) is 4.02.